The van der Waals surface area contributed by atoms with Gasteiger partial charge in [0.1, 0.15) is 0 Å². The molecule has 1 atom stereocenters. The molecule has 90 valence electrons. The maximum atomic E-state index is 6.18. The van der Waals surface area contributed by atoms with Crippen LogP contribution in [0.5, 0.6) is 0 Å². The summed E-state index contributed by atoms with van der Waals surface area (Å²) in [5.74, 6) is 5.70. The van der Waals surface area contributed by atoms with E-state index in [2.05, 4.69) is 37.5 Å². The zero-order valence-corrected chi connectivity index (χ0v) is 11.4. The SMILES string of the molecule is Cc1cccc(C)c1C(NN)c1sccc1Cl. The third kappa shape index (κ3) is 2.38. The highest BCUT2D eigenvalue weighted by Crippen LogP contribution is 2.34. The smallest absolute Gasteiger partial charge is 0.0822 e. The largest absolute Gasteiger partial charge is 0.271 e. The summed E-state index contributed by atoms with van der Waals surface area (Å²) in [5.41, 5.74) is 6.52. The van der Waals surface area contributed by atoms with Crippen LogP contribution in [0, 0.1) is 13.8 Å². The minimum absolute atomic E-state index is 0.0382. The number of thiophene rings is 1. The standard InChI is InChI=1S/C13H15ClN2S/c1-8-4-3-5-9(2)11(8)12(16-15)13-10(14)6-7-17-13/h3-7,12,16H,15H2,1-2H3. The van der Waals surface area contributed by atoms with E-state index in [0.29, 0.717) is 0 Å². The van der Waals surface area contributed by atoms with Crippen molar-refractivity contribution in [1.29, 1.82) is 0 Å². The van der Waals surface area contributed by atoms with Gasteiger partial charge in [-0.15, -0.1) is 11.3 Å². The molecule has 0 amide bonds. The lowest BCUT2D eigenvalue weighted by Crippen LogP contribution is -2.29. The first kappa shape index (κ1) is 12.6. The minimum atomic E-state index is -0.0382. The average Bonchev–Trinajstić information content (AvgIpc) is 2.70. The molecule has 0 aliphatic carbocycles. The van der Waals surface area contributed by atoms with Gasteiger partial charge in [0.25, 0.3) is 0 Å². The number of hydrogen-bond donors (Lipinski definition) is 2. The quantitative estimate of drug-likeness (QED) is 0.658. The monoisotopic (exact) mass is 266 g/mol. The molecule has 0 radical (unpaired) electrons. The van der Waals surface area contributed by atoms with E-state index in [9.17, 15) is 0 Å². The lowest BCUT2D eigenvalue weighted by molar-refractivity contribution is 0.640. The van der Waals surface area contributed by atoms with Crippen molar-refractivity contribution in [2.45, 2.75) is 19.9 Å². The maximum absolute atomic E-state index is 6.18. The van der Waals surface area contributed by atoms with Crippen LogP contribution in [0.3, 0.4) is 0 Å². The number of hydrogen-bond acceptors (Lipinski definition) is 3. The summed E-state index contributed by atoms with van der Waals surface area (Å²) in [4.78, 5) is 1.06. The van der Waals surface area contributed by atoms with Gasteiger partial charge in [0.15, 0.2) is 0 Å². The number of rotatable bonds is 3. The fourth-order valence-corrected chi connectivity index (χ4v) is 3.32. The molecule has 0 bridgehead atoms. The Morgan fingerprint density at radius 2 is 1.88 bits per heavy atom. The van der Waals surface area contributed by atoms with Crippen molar-refractivity contribution in [3.05, 3.63) is 56.2 Å². The van der Waals surface area contributed by atoms with Crippen molar-refractivity contribution in [3.63, 3.8) is 0 Å². The Labute approximate surface area is 110 Å². The minimum Gasteiger partial charge on any atom is -0.271 e. The first-order valence-corrected chi connectivity index (χ1v) is 6.66. The van der Waals surface area contributed by atoms with Crippen LogP contribution in [0.1, 0.15) is 27.6 Å². The van der Waals surface area contributed by atoms with Gasteiger partial charge in [-0.1, -0.05) is 29.8 Å². The molecule has 0 fully saturated rings. The van der Waals surface area contributed by atoms with E-state index in [4.69, 9.17) is 17.4 Å². The van der Waals surface area contributed by atoms with Crippen molar-refractivity contribution in [1.82, 2.24) is 5.43 Å². The van der Waals surface area contributed by atoms with Crippen LogP contribution in [0.4, 0.5) is 0 Å². The Morgan fingerprint density at radius 3 is 2.35 bits per heavy atom. The zero-order valence-electron chi connectivity index (χ0n) is 9.83. The third-order valence-electron chi connectivity index (χ3n) is 2.90. The van der Waals surface area contributed by atoms with Gasteiger partial charge in [-0.3, -0.25) is 5.84 Å². The Hall–Kier alpha value is -0.870. The molecule has 1 aromatic heterocycles. The Morgan fingerprint density at radius 1 is 1.24 bits per heavy atom. The van der Waals surface area contributed by atoms with Crippen molar-refractivity contribution in [3.8, 4) is 0 Å². The molecule has 4 heteroatoms. The maximum Gasteiger partial charge on any atom is 0.0822 e. The number of aryl methyl sites for hydroxylation is 2. The molecule has 2 rings (SSSR count). The second-order valence-corrected chi connectivity index (χ2v) is 5.39. The molecule has 1 unspecified atom stereocenters. The van der Waals surface area contributed by atoms with Gasteiger partial charge in [0.2, 0.25) is 0 Å². The number of halogens is 1. The van der Waals surface area contributed by atoms with E-state index in [0.717, 1.165) is 9.90 Å². The zero-order chi connectivity index (χ0) is 12.4. The van der Waals surface area contributed by atoms with Gasteiger partial charge < -0.3 is 0 Å². The summed E-state index contributed by atoms with van der Waals surface area (Å²) in [7, 11) is 0. The van der Waals surface area contributed by atoms with Crippen LogP contribution in [-0.2, 0) is 0 Å². The van der Waals surface area contributed by atoms with Crippen molar-refractivity contribution < 1.29 is 0 Å². The molecular weight excluding hydrogens is 252 g/mol. The number of benzene rings is 1. The topological polar surface area (TPSA) is 38.0 Å². The van der Waals surface area contributed by atoms with Gasteiger partial charge in [-0.25, -0.2) is 5.43 Å². The predicted octanol–water partition coefficient (Wildman–Crippen LogP) is 3.57. The highest BCUT2D eigenvalue weighted by Gasteiger charge is 2.20. The van der Waals surface area contributed by atoms with Crippen LogP contribution in [0.2, 0.25) is 5.02 Å². The second-order valence-electron chi connectivity index (χ2n) is 4.04. The third-order valence-corrected chi connectivity index (χ3v) is 4.33. The molecule has 2 aromatic rings. The fourth-order valence-electron chi connectivity index (χ4n) is 2.08. The van der Waals surface area contributed by atoms with Crippen LogP contribution >= 0.6 is 22.9 Å². The predicted molar refractivity (Wildman–Crippen MR) is 74.4 cm³/mol. The molecule has 2 nitrogen and oxygen atoms in total. The van der Waals surface area contributed by atoms with Gasteiger partial charge in [-0.2, -0.15) is 0 Å². The Bertz CT molecular complexity index is 502. The van der Waals surface area contributed by atoms with Gasteiger partial charge in [-0.05, 0) is 42.0 Å². The molecule has 0 spiro atoms. The van der Waals surface area contributed by atoms with Crippen LogP contribution in [0.25, 0.3) is 0 Å². The van der Waals surface area contributed by atoms with Crippen LogP contribution < -0.4 is 11.3 Å². The molecule has 17 heavy (non-hydrogen) atoms. The summed E-state index contributed by atoms with van der Waals surface area (Å²) >= 11 is 7.80. The van der Waals surface area contributed by atoms with Gasteiger partial charge >= 0.3 is 0 Å². The molecule has 0 aliphatic rings. The fraction of sp³-hybridized carbons (Fsp3) is 0.231. The van der Waals surface area contributed by atoms with E-state index in [-0.39, 0.29) is 6.04 Å². The van der Waals surface area contributed by atoms with Crippen LogP contribution in [-0.4, -0.2) is 0 Å². The van der Waals surface area contributed by atoms with Gasteiger partial charge in [0.05, 0.1) is 11.1 Å². The van der Waals surface area contributed by atoms with Crippen LogP contribution in [0.15, 0.2) is 29.6 Å². The lowest BCUT2D eigenvalue weighted by atomic mass is 9.95. The first-order chi connectivity index (χ1) is 8.15. The Kier molecular flexibility index (Phi) is 3.84. The molecule has 0 saturated carbocycles. The van der Waals surface area contributed by atoms with E-state index in [1.807, 2.05) is 11.4 Å². The van der Waals surface area contributed by atoms with Crippen molar-refractivity contribution >= 4 is 22.9 Å². The van der Waals surface area contributed by atoms with E-state index < -0.39 is 0 Å². The summed E-state index contributed by atoms with van der Waals surface area (Å²) in [6, 6.07) is 8.10. The summed E-state index contributed by atoms with van der Waals surface area (Å²) in [5, 5.41) is 2.75. The molecular formula is C13H15ClN2S. The normalized spacial score (nSPS) is 12.7. The number of nitrogens with two attached hydrogens (primary N) is 1. The average molecular weight is 267 g/mol. The van der Waals surface area contributed by atoms with Gasteiger partial charge in [0, 0.05) is 4.88 Å². The molecule has 1 aromatic carbocycles. The summed E-state index contributed by atoms with van der Waals surface area (Å²) in [6.45, 7) is 4.18. The molecule has 3 N–H and O–H groups in total. The highest BCUT2D eigenvalue weighted by molar-refractivity contribution is 7.10. The summed E-state index contributed by atoms with van der Waals surface area (Å²) in [6.07, 6.45) is 0. The molecule has 1 heterocycles. The first-order valence-electron chi connectivity index (χ1n) is 5.40. The summed E-state index contributed by atoms with van der Waals surface area (Å²) < 4.78 is 0. The highest BCUT2D eigenvalue weighted by atomic mass is 35.5. The van der Waals surface area contributed by atoms with E-state index in [1.54, 1.807) is 11.3 Å². The molecule has 0 aliphatic heterocycles. The second kappa shape index (κ2) is 5.19. The lowest BCUT2D eigenvalue weighted by Gasteiger charge is -2.20. The van der Waals surface area contributed by atoms with E-state index in [1.165, 1.54) is 16.7 Å². The number of nitrogens with one attached hydrogen (secondary N) is 1. The van der Waals surface area contributed by atoms with Crippen molar-refractivity contribution in [2.75, 3.05) is 0 Å². The molecule has 0 saturated heterocycles. The van der Waals surface area contributed by atoms with Crippen molar-refractivity contribution in [2.24, 2.45) is 5.84 Å². The number of hydrazine groups is 1. The Balaban J connectivity index is 2.53. The van der Waals surface area contributed by atoms with E-state index >= 15 is 0 Å².